The molecule has 4 atom stereocenters. The topological polar surface area (TPSA) is 147 Å². The van der Waals surface area contributed by atoms with Gasteiger partial charge in [0.05, 0.1) is 39.6 Å². The largest absolute Gasteiger partial charge is 0.464 e. The Morgan fingerprint density at radius 2 is 1.05 bits per heavy atom. The summed E-state index contributed by atoms with van der Waals surface area (Å²) in [6.07, 6.45) is 6.89. The fourth-order valence-corrected chi connectivity index (χ4v) is 2.43. The van der Waals surface area contributed by atoms with E-state index in [0.29, 0.717) is 13.2 Å². The van der Waals surface area contributed by atoms with Gasteiger partial charge < -0.3 is 38.6 Å². The Labute approximate surface area is 238 Å². The van der Waals surface area contributed by atoms with Crippen LogP contribution in [0.15, 0.2) is 62.3 Å². The molecular formula is C29H48O11. The maximum absolute atomic E-state index is 11.4. The van der Waals surface area contributed by atoms with Crippen molar-refractivity contribution in [2.75, 3.05) is 46.2 Å². The van der Waals surface area contributed by atoms with Crippen LogP contribution >= 0.6 is 0 Å². The van der Waals surface area contributed by atoms with Gasteiger partial charge in [-0.05, 0) is 34.6 Å². The van der Waals surface area contributed by atoms with Crippen LogP contribution in [-0.2, 0) is 42.8 Å². The van der Waals surface area contributed by atoms with Crippen molar-refractivity contribution in [2.24, 2.45) is 0 Å². The summed E-state index contributed by atoms with van der Waals surface area (Å²) in [7, 11) is 0. The van der Waals surface area contributed by atoms with Gasteiger partial charge in [-0.2, -0.15) is 0 Å². The van der Waals surface area contributed by atoms with Gasteiger partial charge in [-0.1, -0.05) is 42.5 Å². The second kappa shape index (κ2) is 30.5. The Morgan fingerprint density at radius 1 is 0.675 bits per heavy atom. The van der Waals surface area contributed by atoms with Crippen LogP contribution in [0.2, 0.25) is 0 Å². The van der Waals surface area contributed by atoms with E-state index >= 15 is 0 Å². The highest BCUT2D eigenvalue weighted by molar-refractivity contribution is 5.76. The van der Waals surface area contributed by atoms with Crippen molar-refractivity contribution in [3.63, 3.8) is 0 Å². The molecule has 230 valence electrons. The first-order valence-corrected chi connectivity index (χ1v) is 12.9. The van der Waals surface area contributed by atoms with E-state index in [1.54, 1.807) is 52.8 Å². The molecule has 0 heterocycles. The molecule has 0 saturated heterocycles. The van der Waals surface area contributed by atoms with E-state index in [1.165, 1.54) is 24.3 Å². The van der Waals surface area contributed by atoms with Gasteiger partial charge in [0, 0.05) is 0 Å². The molecule has 0 aromatic heterocycles. The SMILES string of the molecule is C=CCOCC(=O)OCC.C=CCO[C@@H](C(=O)OCC)[C@@H](O)/C=C/C.C=CCO[C@@H](C(=O)OCC)[C@H](O)/C=C/C. The molecule has 0 radical (unpaired) electrons. The lowest BCUT2D eigenvalue weighted by Crippen LogP contribution is -2.37. The van der Waals surface area contributed by atoms with E-state index in [0.717, 1.165) is 0 Å². The summed E-state index contributed by atoms with van der Waals surface area (Å²) >= 11 is 0. The van der Waals surface area contributed by atoms with Crippen LogP contribution in [0.4, 0.5) is 0 Å². The van der Waals surface area contributed by atoms with E-state index in [4.69, 9.17) is 23.7 Å². The van der Waals surface area contributed by atoms with Gasteiger partial charge in [0.2, 0.25) is 0 Å². The lowest BCUT2D eigenvalue weighted by Gasteiger charge is -2.18. The molecule has 0 spiro atoms. The average molecular weight is 573 g/mol. The number of hydrogen-bond donors (Lipinski definition) is 2. The first-order valence-electron chi connectivity index (χ1n) is 12.9. The summed E-state index contributed by atoms with van der Waals surface area (Å²) in [6, 6.07) is 0. The third-order valence-electron chi connectivity index (χ3n) is 3.99. The summed E-state index contributed by atoms with van der Waals surface area (Å²) in [6.45, 7) is 20.7. The standard InChI is InChI=1S/2C11H18O4.C7H12O3/c2*1-4-7-9(12)10(15-8-5-2)11(13)14-6-3;1-3-5-9-6-7(8)10-4-2/h2*4-5,7,9-10,12H,2,6,8H2,1,3H3;3H,1,4-6H2,2H3/b2*7-4+;/t9-,10+;9-,10-;/m01./s1. The van der Waals surface area contributed by atoms with Gasteiger partial charge >= 0.3 is 17.9 Å². The first kappa shape index (κ1) is 41.4. The van der Waals surface area contributed by atoms with E-state index in [-0.39, 0.29) is 39.0 Å². The van der Waals surface area contributed by atoms with Crippen molar-refractivity contribution in [3.8, 4) is 0 Å². The second-order valence-electron chi connectivity index (χ2n) is 7.23. The van der Waals surface area contributed by atoms with Crippen LogP contribution in [0.1, 0.15) is 34.6 Å². The molecule has 11 nitrogen and oxygen atoms in total. The number of aliphatic hydroxyl groups is 2. The molecular weight excluding hydrogens is 524 g/mol. The van der Waals surface area contributed by atoms with Crippen LogP contribution in [0.3, 0.4) is 0 Å². The molecule has 0 aliphatic carbocycles. The predicted molar refractivity (Wildman–Crippen MR) is 152 cm³/mol. The minimum Gasteiger partial charge on any atom is -0.464 e. The Balaban J connectivity index is -0.000000525. The van der Waals surface area contributed by atoms with Crippen LogP contribution < -0.4 is 0 Å². The molecule has 2 N–H and O–H groups in total. The lowest BCUT2D eigenvalue weighted by molar-refractivity contribution is -0.162. The highest BCUT2D eigenvalue weighted by atomic mass is 16.6. The van der Waals surface area contributed by atoms with Crippen LogP contribution in [0.5, 0.6) is 0 Å². The lowest BCUT2D eigenvalue weighted by atomic mass is 10.2. The van der Waals surface area contributed by atoms with Crippen molar-refractivity contribution in [2.45, 2.75) is 59.0 Å². The Morgan fingerprint density at radius 3 is 1.35 bits per heavy atom. The Hall–Kier alpha value is -3.09. The van der Waals surface area contributed by atoms with E-state index in [1.807, 2.05) is 0 Å². The highest BCUT2D eigenvalue weighted by Gasteiger charge is 2.27. The molecule has 0 fully saturated rings. The fourth-order valence-electron chi connectivity index (χ4n) is 2.43. The van der Waals surface area contributed by atoms with Crippen LogP contribution in [0, 0.1) is 0 Å². The number of aliphatic hydroxyl groups excluding tert-OH is 2. The predicted octanol–water partition coefficient (Wildman–Crippen LogP) is 2.87. The molecule has 40 heavy (non-hydrogen) atoms. The number of rotatable bonds is 19. The molecule has 0 aliphatic heterocycles. The van der Waals surface area contributed by atoms with Gasteiger partial charge in [-0.3, -0.25) is 0 Å². The van der Waals surface area contributed by atoms with Gasteiger partial charge in [0.1, 0.15) is 18.8 Å². The number of carbonyl (C=O) groups excluding carboxylic acids is 3. The van der Waals surface area contributed by atoms with Gasteiger partial charge in [-0.25, -0.2) is 14.4 Å². The second-order valence-corrected chi connectivity index (χ2v) is 7.23. The van der Waals surface area contributed by atoms with Crippen LogP contribution in [-0.4, -0.2) is 98.8 Å². The van der Waals surface area contributed by atoms with E-state index in [9.17, 15) is 24.6 Å². The van der Waals surface area contributed by atoms with Crippen molar-refractivity contribution < 1.29 is 53.0 Å². The summed E-state index contributed by atoms with van der Waals surface area (Å²) < 4.78 is 29.2. The van der Waals surface area contributed by atoms with Crippen molar-refractivity contribution >= 4 is 17.9 Å². The summed E-state index contributed by atoms with van der Waals surface area (Å²) in [5.41, 5.74) is 0. The maximum Gasteiger partial charge on any atom is 0.338 e. The maximum atomic E-state index is 11.4. The molecule has 0 bridgehead atoms. The first-order chi connectivity index (χ1) is 19.1. The van der Waals surface area contributed by atoms with Gasteiger partial charge in [-0.15, -0.1) is 19.7 Å². The van der Waals surface area contributed by atoms with Crippen molar-refractivity contribution in [1.82, 2.24) is 0 Å². The molecule has 11 heteroatoms. The zero-order valence-electron chi connectivity index (χ0n) is 24.5. The third kappa shape index (κ3) is 24.0. The minimum atomic E-state index is -0.992. The molecule has 0 aromatic carbocycles. The number of allylic oxidation sites excluding steroid dienone is 2. The van der Waals surface area contributed by atoms with Crippen molar-refractivity contribution in [1.29, 1.82) is 0 Å². The fraction of sp³-hybridized carbons (Fsp3) is 0.552. The average Bonchev–Trinajstić information content (AvgIpc) is 2.91. The Bertz CT molecular complexity index is 698. The van der Waals surface area contributed by atoms with Gasteiger partial charge in [0.15, 0.2) is 12.2 Å². The summed E-state index contributed by atoms with van der Waals surface area (Å²) in [4.78, 5) is 33.3. The zero-order chi connectivity index (χ0) is 31.2. The molecule has 0 aromatic rings. The molecule has 0 aliphatic rings. The molecule has 0 unspecified atom stereocenters. The smallest absolute Gasteiger partial charge is 0.338 e. The van der Waals surface area contributed by atoms with Gasteiger partial charge in [0.25, 0.3) is 0 Å². The normalized spacial score (nSPS) is 13.4. The number of esters is 3. The third-order valence-corrected chi connectivity index (χ3v) is 3.99. The molecule has 0 amide bonds. The molecule has 0 rings (SSSR count). The van der Waals surface area contributed by atoms with E-state index < -0.39 is 36.4 Å². The number of hydrogen-bond acceptors (Lipinski definition) is 11. The zero-order valence-corrected chi connectivity index (χ0v) is 24.5. The van der Waals surface area contributed by atoms with Crippen LogP contribution in [0.25, 0.3) is 0 Å². The molecule has 0 saturated carbocycles. The van der Waals surface area contributed by atoms with E-state index in [2.05, 4.69) is 24.5 Å². The summed E-state index contributed by atoms with van der Waals surface area (Å²) in [5.74, 6) is -1.46. The quantitative estimate of drug-likeness (QED) is 0.102. The summed E-state index contributed by atoms with van der Waals surface area (Å²) in [5, 5.41) is 19.2. The highest BCUT2D eigenvalue weighted by Crippen LogP contribution is 2.06. The monoisotopic (exact) mass is 572 g/mol. The minimum absolute atomic E-state index is 0.0137. The number of carbonyl (C=O) groups is 3. The number of ether oxygens (including phenoxy) is 6. The van der Waals surface area contributed by atoms with Crippen molar-refractivity contribution in [3.05, 3.63) is 62.3 Å². The Kier molecular flexibility index (Phi) is 31.5.